The third-order valence-corrected chi connectivity index (χ3v) is 4.90. The van der Waals surface area contributed by atoms with Crippen LogP contribution in [0.2, 0.25) is 0 Å². The quantitative estimate of drug-likeness (QED) is 0.786. The van der Waals surface area contributed by atoms with Gasteiger partial charge in [-0.1, -0.05) is 32.1 Å². The topological polar surface area (TPSA) is 89.1 Å². The van der Waals surface area contributed by atoms with Gasteiger partial charge in [-0.3, -0.25) is 15.2 Å². The van der Waals surface area contributed by atoms with Crippen molar-refractivity contribution in [3.63, 3.8) is 0 Å². The van der Waals surface area contributed by atoms with E-state index in [-0.39, 0.29) is 5.91 Å². The first-order valence-corrected chi connectivity index (χ1v) is 9.14. The number of aromatic nitrogens is 3. The number of methoxy groups -OCH3 is 2. The third kappa shape index (κ3) is 4.53. The van der Waals surface area contributed by atoms with Crippen LogP contribution in [0.5, 0.6) is 11.5 Å². The van der Waals surface area contributed by atoms with Crippen LogP contribution in [0, 0.1) is 5.92 Å². The number of nitrogens with one attached hydrogen (secondary N) is 2. The van der Waals surface area contributed by atoms with Gasteiger partial charge in [0.1, 0.15) is 0 Å². The highest BCUT2D eigenvalue weighted by molar-refractivity contribution is 5.89. The molecule has 0 radical (unpaired) electrons. The minimum atomic E-state index is -0.0339. The van der Waals surface area contributed by atoms with Gasteiger partial charge in [-0.15, -0.1) is 5.10 Å². The van der Waals surface area contributed by atoms with E-state index in [0.29, 0.717) is 35.6 Å². The van der Waals surface area contributed by atoms with Crippen LogP contribution in [-0.2, 0) is 4.79 Å². The highest BCUT2D eigenvalue weighted by Gasteiger charge is 2.16. The molecule has 0 spiro atoms. The molecule has 2 aromatic rings. The van der Waals surface area contributed by atoms with Crippen molar-refractivity contribution in [1.29, 1.82) is 0 Å². The fourth-order valence-corrected chi connectivity index (χ4v) is 3.43. The SMILES string of the molecule is COc1ccc(-c2nc(NC(=O)CCC3CCCCC3)n[nH]2)cc1OC. The molecule has 1 aromatic carbocycles. The lowest BCUT2D eigenvalue weighted by atomic mass is 9.86. The number of hydrogen-bond donors (Lipinski definition) is 2. The molecule has 1 aromatic heterocycles. The van der Waals surface area contributed by atoms with E-state index in [0.717, 1.165) is 12.0 Å². The molecule has 7 nitrogen and oxygen atoms in total. The van der Waals surface area contributed by atoms with Gasteiger partial charge in [0.2, 0.25) is 11.9 Å². The van der Waals surface area contributed by atoms with Gasteiger partial charge >= 0.3 is 0 Å². The second-order valence-electron chi connectivity index (χ2n) is 6.67. The highest BCUT2D eigenvalue weighted by atomic mass is 16.5. The van der Waals surface area contributed by atoms with Gasteiger partial charge in [0, 0.05) is 12.0 Å². The fourth-order valence-electron chi connectivity index (χ4n) is 3.43. The predicted molar refractivity (Wildman–Crippen MR) is 99.4 cm³/mol. The number of hydrogen-bond acceptors (Lipinski definition) is 5. The maximum absolute atomic E-state index is 12.1. The van der Waals surface area contributed by atoms with Crippen LogP contribution < -0.4 is 14.8 Å². The standard InChI is InChI=1S/C19H26N4O3/c1-25-15-10-9-14(12-16(15)26-2)18-21-19(23-22-18)20-17(24)11-8-13-6-4-3-5-7-13/h9-10,12-13H,3-8,11H2,1-2H3,(H2,20,21,22,23,24). The third-order valence-electron chi connectivity index (χ3n) is 4.90. The molecule has 1 fully saturated rings. The maximum atomic E-state index is 12.1. The molecule has 2 N–H and O–H groups in total. The van der Waals surface area contributed by atoms with Crippen LogP contribution in [-0.4, -0.2) is 35.3 Å². The zero-order chi connectivity index (χ0) is 18.4. The van der Waals surface area contributed by atoms with Gasteiger partial charge in [0.15, 0.2) is 17.3 Å². The van der Waals surface area contributed by atoms with Crippen LogP contribution in [0.25, 0.3) is 11.4 Å². The van der Waals surface area contributed by atoms with E-state index in [2.05, 4.69) is 20.5 Å². The predicted octanol–water partition coefficient (Wildman–Crippen LogP) is 3.79. The van der Waals surface area contributed by atoms with Gasteiger partial charge in [-0.05, 0) is 30.5 Å². The Labute approximate surface area is 153 Å². The summed E-state index contributed by atoms with van der Waals surface area (Å²) in [6.45, 7) is 0. The summed E-state index contributed by atoms with van der Waals surface area (Å²) in [5.74, 6) is 2.76. The van der Waals surface area contributed by atoms with Crippen LogP contribution in [0.15, 0.2) is 18.2 Å². The second-order valence-corrected chi connectivity index (χ2v) is 6.67. The van der Waals surface area contributed by atoms with Crippen LogP contribution in [0.3, 0.4) is 0 Å². The number of benzene rings is 1. The molecule has 1 saturated carbocycles. The van der Waals surface area contributed by atoms with Gasteiger partial charge in [0.25, 0.3) is 0 Å². The van der Waals surface area contributed by atoms with Gasteiger partial charge in [-0.2, -0.15) is 4.98 Å². The number of ether oxygens (including phenoxy) is 2. The molecule has 1 aliphatic carbocycles. The summed E-state index contributed by atoms with van der Waals surface area (Å²) in [5, 5.41) is 9.71. The Morgan fingerprint density at radius 1 is 1.19 bits per heavy atom. The molecule has 0 unspecified atom stereocenters. The lowest BCUT2D eigenvalue weighted by Gasteiger charge is -2.20. The molecular weight excluding hydrogens is 332 g/mol. The average Bonchev–Trinajstić information content (AvgIpc) is 3.15. The largest absolute Gasteiger partial charge is 0.493 e. The van der Waals surface area contributed by atoms with Crippen molar-refractivity contribution in [3.8, 4) is 22.9 Å². The number of aromatic amines is 1. The summed E-state index contributed by atoms with van der Waals surface area (Å²) in [6, 6.07) is 5.48. The smallest absolute Gasteiger partial charge is 0.249 e. The van der Waals surface area contributed by atoms with Crippen LogP contribution in [0.4, 0.5) is 5.95 Å². The lowest BCUT2D eigenvalue weighted by molar-refractivity contribution is -0.116. The normalized spacial score (nSPS) is 14.8. The number of amides is 1. The van der Waals surface area contributed by atoms with Gasteiger partial charge in [0.05, 0.1) is 14.2 Å². The summed E-state index contributed by atoms with van der Waals surface area (Å²) >= 11 is 0. The molecule has 0 aliphatic heterocycles. The van der Waals surface area contributed by atoms with Crippen molar-refractivity contribution >= 4 is 11.9 Å². The highest BCUT2D eigenvalue weighted by Crippen LogP contribution is 2.31. The van der Waals surface area contributed by atoms with Crippen molar-refractivity contribution in [2.45, 2.75) is 44.9 Å². The average molecular weight is 358 g/mol. The molecule has 1 amide bonds. The first kappa shape index (κ1) is 18.2. The number of carbonyl (C=O) groups excluding carboxylic acids is 1. The zero-order valence-electron chi connectivity index (χ0n) is 15.4. The Hall–Kier alpha value is -2.57. The number of carbonyl (C=O) groups is 1. The number of nitrogens with zero attached hydrogens (tertiary/aromatic N) is 2. The van der Waals surface area contributed by atoms with Crippen molar-refractivity contribution in [1.82, 2.24) is 15.2 Å². The van der Waals surface area contributed by atoms with E-state index < -0.39 is 0 Å². The van der Waals surface area contributed by atoms with E-state index in [9.17, 15) is 4.79 Å². The maximum Gasteiger partial charge on any atom is 0.249 e. The molecule has 26 heavy (non-hydrogen) atoms. The molecule has 1 heterocycles. The fraction of sp³-hybridized carbons (Fsp3) is 0.526. The van der Waals surface area contributed by atoms with E-state index in [1.807, 2.05) is 12.1 Å². The first-order valence-electron chi connectivity index (χ1n) is 9.14. The van der Waals surface area contributed by atoms with Gasteiger partial charge < -0.3 is 9.47 Å². The summed E-state index contributed by atoms with van der Waals surface area (Å²) in [6.07, 6.45) is 7.88. The Bertz CT molecular complexity index is 738. The Morgan fingerprint density at radius 2 is 1.96 bits per heavy atom. The Balaban J connectivity index is 1.58. The van der Waals surface area contributed by atoms with Crippen molar-refractivity contribution in [2.24, 2.45) is 5.92 Å². The van der Waals surface area contributed by atoms with E-state index in [1.165, 1.54) is 32.1 Å². The molecule has 0 saturated heterocycles. The van der Waals surface area contributed by atoms with Crippen molar-refractivity contribution in [3.05, 3.63) is 18.2 Å². The monoisotopic (exact) mass is 358 g/mol. The Kier molecular flexibility index (Phi) is 6.09. The number of rotatable bonds is 7. The van der Waals surface area contributed by atoms with Crippen molar-refractivity contribution < 1.29 is 14.3 Å². The summed E-state index contributed by atoms with van der Waals surface area (Å²) in [5.41, 5.74) is 0.804. The van der Waals surface area contributed by atoms with Gasteiger partial charge in [-0.25, -0.2) is 0 Å². The molecule has 7 heteroatoms. The van der Waals surface area contributed by atoms with E-state index >= 15 is 0 Å². The molecule has 140 valence electrons. The minimum Gasteiger partial charge on any atom is -0.493 e. The lowest BCUT2D eigenvalue weighted by Crippen LogP contribution is -2.15. The molecule has 0 bridgehead atoms. The zero-order valence-corrected chi connectivity index (χ0v) is 15.4. The minimum absolute atomic E-state index is 0.0339. The number of H-pyrrole nitrogens is 1. The Morgan fingerprint density at radius 3 is 2.69 bits per heavy atom. The number of anilines is 1. The summed E-state index contributed by atoms with van der Waals surface area (Å²) in [4.78, 5) is 16.5. The second kappa shape index (κ2) is 8.69. The molecular formula is C19H26N4O3. The summed E-state index contributed by atoms with van der Waals surface area (Å²) < 4.78 is 10.5. The van der Waals surface area contributed by atoms with Crippen LogP contribution in [0.1, 0.15) is 44.9 Å². The van der Waals surface area contributed by atoms with Crippen molar-refractivity contribution in [2.75, 3.05) is 19.5 Å². The molecule has 3 rings (SSSR count). The molecule has 1 aliphatic rings. The summed E-state index contributed by atoms with van der Waals surface area (Å²) in [7, 11) is 3.17. The van der Waals surface area contributed by atoms with E-state index in [4.69, 9.17) is 9.47 Å². The van der Waals surface area contributed by atoms with Crippen LogP contribution >= 0.6 is 0 Å². The first-order chi connectivity index (χ1) is 12.7. The van der Waals surface area contributed by atoms with E-state index in [1.54, 1.807) is 20.3 Å². The molecule has 0 atom stereocenters.